The lowest BCUT2D eigenvalue weighted by Gasteiger charge is -2.41. The van der Waals surface area contributed by atoms with Crippen molar-refractivity contribution in [1.29, 1.82) is 0 Å². The van der Waals surface area contributed by atoms with Gasteiger partial charge in [-0.05, 0) is 56.2 Å². The Bertz CT molecular complexity index is 1230. The number of anilines is 1. The number of fused-ring (bicyclic) bond motifs is 1. The van der Waals surface area contributed by atoms with Crippen LogP contribution < -0.4 is 5.32 Å². The van der Waals surface area contributed by atoms with E-state index in [0.29, 0.717) is 22.5 Å². The molecule has 9 nitrogen and oxygen atoms in total. The molecule has 0 bridgehead atoms. The molecule has 1 aromatic carbocycles. The predicted molar refractivity (Wildman–Crippen MR) is 151 cm³/mol. The molecule has 37 heavy (non-hydrogen) atoms. The van der Waals surface area contributed by atoms with Gasteiger partial charge in [-0.3, -0.25) is 4.79 Å². The number of aromatic nitrogens is 5. The fraction of sp³-hybridized carbons (Fsp3) is 0.577. The molecule has 1 unspecified atom stereocenters. The highest BCUT2D eigenvalue weighted by Gasteiger charge is 2.51. The van der Waals surface area contributed by atoms with Gasteiger partial charge in [0.05, 0.1) is 12.2 Å². The average molecular weight is 543 g/mol. The van der Waals surface area contributed by atoms with E-state index in [9.17, 15) is 4.79 Å². The number of amides is 1. The maximum absolute atomic E-state index is 12.8. The Kier molecular flexibility index (Phi) is 8.14. The molecule has 0 spiro atoms. The SMILES string of the molecule is CC[C@H]1O[C@@H](n2nnc3c(NC(=O)c4ccccc4)ncnc32)C(O[Si](C)(C)C(C)(C)C)[C@H]1CP(C)C. The third kappa shape index (κ3) is 5.77. The van der Waals surface area contributed by atoms with E-state index in [4.69, 9.17) is 9.16 Å². The Morgan fingerprint density at radius 1 is 1.19 bits per heavy atom. The molecular weight excluding hydrogens is 503 g/mol. The summed E-state index contributed by atoms with van der Waals surface area (Å²) < 4.78 is 15.5. The number of ether oxygens (including phenoxy) is 1. The third-order valence-electron chi connectivity index (χ3n) is 7.48. The number of rotatable bonds is 8. The quantitative estimate of drug-likeness (QED) is 0.295. The lowest BCUT2D eigenvalue weighted by atomic mass is 9.98. The molecule has 1 N–H and O–H groups in total. The summed E-state index contributed by atoms with van der Waals surface area (Å²) in [7, 11) is -2.27. The van der Waals surface area contributed by atoms with Crippen molar-refractivity contribution in [3.63, 3.8) is 0 Å². The van der Waals surface area contributed by atoms with Crippen molar-refractivity contribution in [2.45, 2.75) is 70.7 Å². The van der Waals surface area contributed by atoms with Gasteiger partial charge in [0, 0.05) is 11.5 Å². The van der Waals surface area contributed by atoms with Crippen molar-refractivity contribution in [3.8, 4) is 0 Å². The van der Waals surface area contributed by atoms with Crippen LogP contribution in [0.4, 0.5) is 5.82 Å². The molecular formula is C26H39N6O3PSi. The molecule has 11 heteroatoms. The monoisotopic (exact) mass is 542 g/mol. The van der Waals surface area contributed by atoms with Crippen molar-refractivity contribution in [3.05, 3.63) is 42.2 Å². The zero-order chi connectivity index (χ0) is 27.0. The molecule has 1 aliphatic heterocycles. The van der Waals surface area contributed by atoms with E-state index < -0.39 is 14.5 Å². The summed E-state index contributed by atoms with van der Waals surface area (Å²) in [5, 5.41) is 11.8. The Labute approximate surface area is 221 Å². The predicted octanol–water partition coefficient (Wildman–Crippen LogP) is 5.53. The van der Waals surface area contributed by atoms with Crippen LogP contribution in [-0.4, -0.2) is 70.9 Å². The number of carbonyl (C=O) groups is 1. The first-order valence-electron chi connectivity index (χ1n) is 12.8. The molecule has 200 valence electrons. The Morgan fingerprint density at radius 3 is 2.51 bits per heavy atom. The lowest BCUT2D eigenvalue weighted by molar-refractivity contribution is -0.0401. The van der Waals surface area contributed by atoms with Gasteiger partial charge in [-0.1, -0.05) is 51.1 Å². The van der Waals surface area contributed by atoms with Crippen LogP contribution in [0.15, 0.2) is 36.7 Å². The van der Waals surface area contributed by atoms with E-state index in [1.165, 1.54) is 6.33 Å². The topological polar surface area (TPSA) is 104 Å². The first-order valence-corrected chi connectivity index (χ1v) is 18.2. The molecule has 3 aromatic rings. The van der Waals surface area contributed by atoms with Crippen LogP contribution in [0.3, 0.4) is 0 Å². The molecule has 0 aliphatic carbocycles. The second-order valence-corrected chi connectivity index (χ2v) is 18.8. The molecule has 2 aromatic heterocycles. The van der Waals surface area contributed by atoms with Gasteiger partial charge in [0.2, 0.25) is 0 Å². The first-order chi connectivity index (χ1) is 17.4. The molecule has 1 aliphatic rings. The number of benzene rings is 1. The van der Waals surface area contributed by atoms with Gasteiger partial charge in [-0.25, -0.2) is 9.97 Å². The highest BCUT2D eigenvalue weighted by atomic mass is 31.1. The maximum atomic E-state index is 12.8. The highest BCUT2D eigenvalue weighted by molar-refractivity contribution is 7.56. The minimum Gasteiger partial charge on any atom is -0.409 e. The van der Waals surface area contributed by atoms with Crippen LogP contribution in [-0.2, 0) is 9.16 Å². The van der Waals surface area contributed by atoms with Crippen molar-refractivity contribution in [2.75, 3.05) is 24.8 Å². The van der Waals surface area contributed by atoms with Crippen molar-refractivity contribution in [1.82, 2.24) is 25.0 Å². The van der Waals surface area contributed by atoms with Crippen molar-refractivity contribution in [2.24, 2.45) is 5.92 Å². The highest BCUT2D eigenvalue weighted by Crippen LogP contribution is 2.47. The zero-order valence-electron chi connectivity index (χ0n) is 23.1. The number of nitrogens with zero attached hydrogens (tertiary/aromatic N) is 5. The Hall–Kier alpha value is -2.26. The van der Waals surface area contributed by atoms with E-state index in [2.05, 4.69) is 79.7 Å². The number of hydrogen-bond acceptors (Lipinski definition) is 7. The van der Waals surface area contributed by atoms with Gasteiger partial charge in [0.25, 0.3) is 5.91 Å². The number of hydrogen-bond donors (Lipinski definition) is 1. The number of nitrogens with one attached hydrogen (secondary N) is 1. The Morgan fingerprint density at radius 2 is 1.89 bits per heavy atom. The maximum Gasteiger partial charge on any atom is 0.256 e. The summed E-state index contributed by atoms with van der Waals surface area (Å²) >= 11 is 0. The second-order valence-electron chi connectivity index (χ2n) is 11.5. The van der Waals surface area contributed by atoms with Gasteiger partial charge >= 0.3 is 0 Å². The van der Waals surface area contributed by atoms with Gasteiger partial charge in [0.1, 0.15) is 6.33 Å². The van der Waals surface area contributed by atoms with Gasteiger partial charge in [-0.15, -0.1) is 13.0 Å². The van der Waals surface area contributed by atoms with Crippen LogP contribution in [0.1, 0.15) is 50.7 Å². The third-order valence-corrected chi connectivity index (χ3v) is 13.1. The molecule has 1 fully saturated rings. The van der Waals surface area contributed by atoms with Crippen molar-refractivity contribution >= 4 is 39.1 Å². The molecule has 3 heterocycles. The Balaban J connectivity index is 1.72. The van der Waals surface area contributed by atoms with Crippen LogP contribution in [0.2, 0.25) is 18.1 Å². The minimum absolute atomic E-state index is 0.0526. The van der Waals surface area contributed by atoms with Crippen LogP contribution >= 0.6 is 7.92 Å². The van der Waals surface area contributed by atoms with E-state index in [1.807, 2.05) is 18.2 Å². The van der Waals surface area contributed by atoms with Gasteiger partial charge in [-0.2, -0.15) is 4.68 Å². The summed E-state index contributed by atoms with van der Waals surface area (Å²) in [6.07, 6.45) is 2.80. The number of carbonyl (C=O) groups excluding carboxylic acids is 1. The van der Waals surface area contributed by atoms with Crippen LogP contribution in [0, 0.1) is 5.92 Å². The largest absolute Gasteiger partial charge is 0.409 e. The van der Waals surface area contributed by atoms with Crippen LogP contribution in [0.5, 0.6) is 0 Å². The van der Waals surface area contributed by atoms with E-state index >= 15 is 0 Å². The summed E-state index contributed by atoms with van der Waals surface area (Å²) in [6, 6.07) is 9.01. The van der Waals surface area contributed by atoms with Gasteiger partial charge in [0.15, 0.2) is 31.5 Å². The fourth-order valence-electron chi connectivity index (χ4n) is 4.48. The molecule has 4 atom stereocenters. The van der Waals surface area contributed by atoms with Crippen LogP contribution in [0.25, 0.3) is 11.2 Å². The normalized spacial score (nSPS) is 22.6. The summed E-state index contributed by atoms with van der Waals surface area (Å²) in [5.74, 6) is 0.305. The smallest absolute Gasteiger partial charge is 0.256 e. The van der Waals surface area contributed by atoms with Crippen molar-refractivity contribution < 1.29 is 14.0 Å². The second kappa shape index (κ2) is 10.8. The molecule has 0 saturated carbocycles. The molecule has 1 amide bonds. The average Bonchev–Trinajstić information content (AvgIpc) is 3.40. The van der Waals surface area contributed by atoms with Gasteiger partial charge < -0.3 is 14.5 Å². The first kappa shape index (κ1) is 27.8. The zero-order valence-corrected chi connectivity index (χ0v) is 25.0. The molecule has 0 radical (unpaired) electrons. The standard InChI is InChI=1S/C26H39N6O3PSi/c1-9-19-18(15-36(5)6)21(35-37(7,8)26(2,3)4)25(34-19)32-23-20(30-31-32)22(27-16-28-23)29-24(33)17-13-11-10-12-14-17/h10-14,16,18-19,21,25H,9,15H2,1-8H3,(H,27,28,29,33)/t18-,19+,21?,25+/m0/s1. The fourth-order valence-corrected chi connectivity index (χ4v) is 7.09. The van der Waals surface area contributed by atoms with E-state index in [1.54, 1.807) is 16.8 Å². The summed E-state index contributed by atoms with van der Waals surface area (Å²) in [4.78, 5) is 21.6. The van der Waals surface area contributed by atoms with E-state index in [-0.39, 0.29) is 37.0 Å². The van der Waals surface area contributed by atoms with E-state index in [0.717, 1.165) is 12.6 Å². The summed E-state index contributed by atoms with van der Waals surface area (Å²) in [6.45, 7) is 18.1. The minimum atomic E-state index is -2.12. The molecule has 1 saturated heterocycles. The summed E-state index contributed by atoms with van der Waals surface area (Å²) in [5.41, 5.74) is 1.47. The lowest BCUT2D eigenvalue weighted by Crippen LogP contribution is -2.47. The molecule has 4 rings (SSSR count).